The first kappa shape index (κ1) is 43.2. The first-order valence-corrected chi connectivity index (χ1v) is 18.5. The summed E-state index contributed by atoms with van der Waals surface area (Å²) in [5.74, 6) is -3.46. The van der Waals surface area contributed by atoms with Crippen LogP contribution in [-0.4, -0.2) is 94.4 Å². The molecule has 0 radical (unpaired) electrons. The van der Waals surface area contributed by atoms with Crippen LogP contribution in [0.25, 0.3) is 22.3 Å². The molecule has 56 heavy (non-hydrogen) atoms. The van der Waals surface area contributed by atoms with Gasteiger partial charge in [-0.25, -0.2) is 0 Å². The zero-order valence-electron chi connectivity index (χ0n) is 32.5. The van der Waals surface area contributed by atoms with Gasteiger partial charge in [0.1, 0.15) is 24.3 Å². The molecule has 0 unspecified atom stereocenters. The number of amides is 4. The molecule has 0 aliphatic carbocycles. The molecule has 0 saturated carbocycles. The summed E-state index contributed by atoms with van der Waals surface area (Å²) in [5.41, 5.74) is 4.85. The first-order chi connectivity index (χ1) is 26.8. The topological polar surface area (TPSA) is 201 Å². The summed E-state index contributed by atoms with van der Waals surface area (Å²) in [7, 11) is 2.86. The Labute approximate surface area is 327 Å². The van der Waals surface area contributed by atoms with Gasteiger partial charge < -0.3 is 41.0 Å². The zero-order valence-corrected chi connectivity index (χ0v) is 32.5. The van der Waals surface area contributed by atoms with E-state index in [1.54, 1.807) is 76.7 Å². The van der Waals surface area contributed by atoms with Gasteiger partial charge in [0.05, 0.1) is 13.2 Å². The van der Waals surface area contributed by atoms with Crippen LogP contribution < -0.4 is 21.3 Å². The number of aliphatic hydroxyl groups excluding tert-OH is 2. The largest absolute Gasteiger partial charge is 0.387 e. The fourth-order valence-corrected chi connectivity index (χ4v) is 5.89. The Hall–Kier alpha value is -5.54. The van der Waals surface area contributed by atoms with Gasteiger partial charge in [0.25, 0.3) is 11.8 Å². The number of hydrogen-bond donors (Lipinski definition) is 6. The number of nitrogens with zero attached hydrogens (tertiary/aromatic N) is 2. The number of benzene rings is 2. The number of aromatic nitrogens is 2. The summed E-state index contributed by atoms with van der Waals surface area (Å²) in [5, 5.41) is 33.8. The highest BCUT2D eigenvalue weighted by Gasteiger charge is 2.42. The monoisotopic (exact) mass is 768 g/mol. The number of ether oxygens (including phenoxy) is 2. The van der Waals surface area contributed by atoms with Crippen molar-refractivity contribution in [3.05, 3.63) is 109 Å². The molecule has 4 aromatic rings. The molecular formula is C42H52N6O8. The number of carbonyl (C=O) groups excluding carboxylic acids is 4. The first-order valence-electron chi connectivity index (χ1n) is 18.5. The van der Waals surface area contributed by atoms with E-state index in [0.717, 1.165) is 22.3 Å². The van der Waals surface area contributed by atoms with Gasteiger partial charge in [-0.05, 0) is 57.3 Å². The Bertz CT molecular complexity index is 1720. The van der Waals surface area contributed by atoms with Crippen molar-refractivity contribution in [2.75, 3.05) is 14.1 Å². The van der Waals surface area contributed by atoms with E-state index in [-0.39, 0.29) is 25.0 Å². The third-order valence-electron chi connectivity index (χ3n) is 9.23. The van der Waals surface area contributed by atoms with Crippen LogP contribution in [0.15, 0.2) is 97.6 Å². The number of carbonyl (C=O) groups is 4. The lowest BCUT2D eigenvalue weighted by molar-refractivity contribution is -0.171. The number of nitrogens with one attached hydrogen (secondary N) is 4. The van der Waals surface area contributed by atoms with E-state index in [2.05, 4.69) is 31.2 Å². The summed E-state index contributed by atoms with van der Waals surface area (Å²) in [6.45, 7) is 6.57. The lowest BCUT2D eigenvalue weighted by Crippen LogP contribution is -2.60. The molecule has 0 saturated heterocycles. The van der Waals surface area contributed by atoms with E-state index in [1.807, 2.05) is 48.5 Å². The second kappa shape index (κ2) is 20.9. The predicted octanol–water partition coefficient (Wildman–Crippen LogP) is 2.78. The molecule has 2 aromatic carbocycles. The molecule has 0 bridgehead atoms. The second-order valence-electron chi connectivity index (χ2n) is 14.0. The van der Waals surface area contributed by atoms with Crippen LogP contribution in [0, 0.1) is 11.8 Å². The smallest absolute Gasteiger partial charge is 0.252 e. The van der Waals surface area contributed by atoms with E-state index in [4.69, 9.17) is 9.47 Å². The zero-order chi connectivity index (χ0) is 40.8. The normalized spacial score (nSPS) is 14.5. The molecule has 6 N–H and O–H groups in total. The SMILES string of the molecule is CNC(=O)[C@@H](NC(=O)[C@@H](OCc1ccc(-c2cccnc2)cc1)[C@@H](O)[C@@H](O)[C@@H](OCc1ccc(-c2cccnc2)cc1)C(=O)N[C@H](C(=O)NC)C(C)C)C(C)C. The molecule has 298 valence electrons. The summed E-state index contributed by atoms with van der Waals surface area (Å²) < 4.78 is 12.0. The van der Waals surface area contributed by atoms with Crippen LogP contribution in [0.5, 0.6) is 0 Å². The molecule has 14 heteroatoms. The molecule has 0 fully saturated rings. The number of pyridine rings is 2. The highest BCUT2D eigenvalue weighted by molar-refractivity contribution is 5.91. The lowest BCUT2D eigenvalue weighted by atomic mass is 9.98. The maximum absolute atomic E-state index is 13.9. The van der Waals surface area contributed by atoms with Crippen molar-refractivity contribution in [3.63, 3.8) is 0 Å². The average Bonchev–Trinajstić information content (AvgIpc) is 3.22. The van der Waals surface area contributed by atoms with Gasteiger partial charge in [-0.15, -0.1) is 0 Å². The van der Waals surface area contributed by atoms with Crippen LogP contribution in [-0.2, 0) is 41.9 Å². The molecule has 2 aromatic heterocycles. The van der Waals surface area contributed by atoms with Crippen molar-refractivity contribution in [1.29, 1.82) is 0 Å². The van der Waals surface area contributed by atoms with Crippen molar-refractivity contribution in [2.24, 2.45) is 11.8 Å². The van der Waals surface area contributed by atoms with E-state index >= 15 is 0 Å². The molecule has 0 aliphatic rings. The van der Waals surface area contributed by atoms with Crippen molar-refractivity contribution >= 4 is 23.6 Å². The minimum Gasteiger partial charge on any atom is -0.387 e. The standard InChI is InChI=1S/C42H52N6O8/c1-25(2)33(39(51)43-5)47-41(53)37(55-23-27-11-15-29(16-12-27)31-9-7-19-45-21-31)35(49)36(50)38(42(54)48-34(26(3)4)40(52)44-6)56-24-28-13-17-30(18-14-28)32-10-8-20-46-22-32/h7-22,25-26,33-38,49-50H,23-24H2,1-6H3,(H,43,51)(H,44,52)(H,47,53)(H,48,54)/t33-,34-,35-,36+,37-,38+/m0/s1. The third-order valence-corrected chi connectivity index (χ3v) is 9.23. The Morgan fingerprint density at radius 2 is 0.911 bits per heavy atom. The Morgan fingerprint density at radius 3 is 1.20 bits per heavy atom. The summed E-state index contributed by atoms with van der Waals surface area (Å²) >= 11 is 0. The third kappa shape index (κ3) is 11.7. The predicted molar refractivity (Wildman–Crippen MR) is 210 cm³/mol. The maximum Gasteiger partial charge on any atom is 0.252 e. The van der Waals surface area contributed by atoms with Crippen molar-refractivity contribution in [1.82, 2.24) is 31.2 Å². The van der Waals surface area contributed by atoms with Gasteiger partial charge in [-0.3, -0.25) is 29.1 Å². The van der Waals surface area contributed by atoms with Gasteiger partial charge in [-0.2, -0.15) is 0 Å². The quantitative estimate of drug-likeness (QED) is 0.0825. The second-order valence-corrected chi connectivity index (χ2v) is 14.0. The summed E-state index contributed by atoms with van der Waals surface area (Å²) in [6, 6.07) is 20.0. The number of rotatable bonds is 19. The molecule has 14 nitrogen and oxygen atoms in total. The Balaban J connectivity index is 1.63. The van der Waals surface area contributed by atoms with Crippen molar-refractivity contribution < 1.29 is 38.9 Å². The molecule has 0 spiro atoms. The summed E-state index contributed by atoms with van der Waals surface area (Å²) in [4.78, 5) is 61.5. The fourth-order valence-electron chi connectivity index (χ4n) is 5.89. The Kier molecular flexibility index (Phi) is 16.2. The molecular weight excluding hydrogens is 716 g/mol. The molecule has 6 atom stereocenters. The van der Waals surface area contributed by atoms with Crippen LogP contribution in [0.1, 0.15) is 38.8 Å². The number of aliphatic hydroxyl groups is 2. The van der Waals surface area contributed by atoms with Crippen LogP contribution in [0.2, 0.25) is 0 Å². The van der Waals surface area contributed by atoms with E-state index in [1.165, 1.54) is 14.1 Å². The van der Waals surface area contributed by atoms with Gasteiger partial charge in [0, 0.05) is 38.9 Å². The number of hydrogen-bond acceptors (Lipinski definition) is 10. The van der Waals surface area contributed by atoms with Crippen LogP contribution in [0.4, 0.5) is 0 Å². The van der Waals surface area contributed by atoms with E-state index in [0.29, 0.717) is 11.1 Å². The highest BCUT2D eigenvalue weighted by atomic mass is 16.5. The van der Waals surface area contributed by atoms with Crippen LogP contribution >= 0.6 is 0 Å². The highest BCUT2D eigenvalue weighted by Crippen LogP contribution is 2.22. The lowest BCUT2D eigenvalue weighted by Gasteiger charge is -2.32. The van der Waals surface area contributed by atoms with Gasteiger partial charge in [-0.1, -0.05) is 88.4 Å². The van der Waals surface area contributed by atoms with Crippen molar-refractivity contribution in [2.45, 2.75) is 77.4 Å². The van der Waals surface area contributed by atoms with E-state index in [9.17, 15) is 29.4 Å². The fraction of sp³-hybridized carbons (Fsp3) is 0.381. The van der Waals surface area contributed by atoms with E-state index < -0.39 is 60.1 Å². The minimum absolute atomic E-state index is 0.186. The molecule has 4 rings (SSSR count). The molecule has 0 aliphatic heterocycles. The van der Waals surface area contributed by atoms with Crippen LogP contribution in [0.3, 0.4) is 0 Å². The van der Waals surface area contributed by atoms with Crippen molar-refractivity contribution in [3.8, 4) is 22.3 Å². The molecule has 2 heterocycles. The Morgan fingerprint density at radius 1 is 0.554 bits per heavy atom. The number of likely N-dealkylation sites (N-methyl/N-ethyl adjacent to an activating group) is 2. The average molecular weight is 769 g/mol. The van der Waals surface area contributed by atoms with Gasteiger partial charge in [0.15, 0.2) is 12.2 Å². The maximum atomic E-state index is 13.9. The minimum atomic E-state index is -2.05. The van der Waals surface area contributed by atoms with Gasteiger partial charge in [0.2, 0.25) is 11.8 Å². The van der Waals surface area contributed by atoms with Gasteiger partial charge >= 0.3 is 0 Å². The summed E-state index contributed by atoms with van der Waals surface area (Å²) in [6.07, 6.45) is -0.868. The molecule has 4 amide bonds.